The van der Waals surface area contributed by atoms with E-state index in [0.29, 0.717) is 10.1 Å². The molecule has 2 fully saturated rings. The number of piperidine rings is 1. The first-order valence-electron chi connectivity index (χ1n) is 7.99. The lowest BCUT2D eigenvalue weighted by atomic mass is 9.99. The van der Waals surface area contributed by atoms with Crippen molar-refractivity contribution in [1.29, 1.82) is 0 Å². The van der Waals surface area contributed by atoms with Gasteiger partial charge in [-0.15, -0.1) is 11.3 Å². The van der Waals surface area contributed by atoms with Gasteiger partial charge in [0.05, 0.1) is 6.61 Å². The Hall–Kier alpha value is -0.470. The number of likely N-dealkylation sites (tertiary alicyclic amines) is 1. The molecule has 2 aliphatic heterocycles. The molecule has 0 unspecified atom stereocenters. The summed E-state index contributed by atoms with van der Waals surface area (Å²) in [7, 11) is -3.33. The van der Waals surface area contributed by atoms with Crippen LogP contribution in [0.1, 0.15) is 25.7 Å². The molecule has 0 aromatic carbocycles. The molecular formula is C15H24N2O3S2. The molecule has 0 aliphatic carbocycles. The van der Waals surface area contributed by atoms with Crippen LogP contribution in [-0.2, 0) is 14.8 Å². The second-order valence-electron chi connectivity index (χ2n) is 6.21. The summed E-state index contributed by atoms with van der Waals surface area (Å²) >= 11 is 1.27. The van der Waals surface area contributed by atoms with Gasteiger partial charge in [0, 0.05) is 19.2 Å². The van der Waals surface area contributed by atoms with Gasteiger partial charge >= 0.3 is 0 Å². The van der Waals surface area contributed by atoms with Crippen LogP contribution in [0.3, 0.4) is 0 Å². The number of rotatable bonds is 5. The van der Waals surface area contributed by atoms with E-state index in [-0.39, 0.29) is 6.04 Å². The average Bonchev–Trinajstić information content (AvgIpc) is 3.05. The molecule has 1 N–H and O–H groups in total. The molecule has 2 aliphatic rings. The quantitative estimate of drug-likeness (QED) is 0.886. The lowest BCUT2D eigenvalue weighted by Gasteiger charge is -2.35. The average molecular weight is 345 g/mol. The summed E-state index contributed by atoms with van der Waals surface area (Å²) < 4.78 is 33.3. The molecule has 1 aromatic rings. The van der Waals surface area contributed by atoms with Crippen LogP contribution < -0.4 is 4.72 Å². The van der Waals surface area contributed by atoms with E-state index >= 15 is 0 Å². The Morgan fingerprint density at radius 3 is 2.77 bits per heavy atom. The lowest BCUT2D eigenvalue weighted by Crippen LogP contribution is -2.46. The zero-order chi connectivity index (χ0) is 15.4. The van der Waals surface area contributed by atoms with Crippen LogP contribution in [0.4, 0.5) is 0 Å². The fourth-order valence-electron chi connectivity index (χ4n) is 3.24. The zero-order valence-corrected chi connectivity index (χ0v) is 14.4. The predicted molar refractivity (Wildman–Crippen MR) is 87.6 cm³/mol. The minimum Gasteiger partial charge on any atom is -0.381 e. The highest BCUT2D eigenvalue weighted by atomic mass is 32.2. The van der Waals surface area contributed by atoms with Gasteiger partial charge in [0.25, 0.3) is 0 Å². The summed E-state index contributed by atoms with van der Waals surface area (Å²) in [4.78, 5) is 2.45. The first-order valence-corrected chi connectivity index (χ1v) is 10.4. The number of ether oxygens (including phenoxy) is 1. The third kappa shape index (κ3) is 4.29. The van der Waals surface area contributed by atoms with E-state index in [9.17, 15) is 8.42 Å². The Kier molecular flexibility index (Phi) is 5.51. The monoisotopic (exact) mass is 344 g/mol. The van der Waals surface area contributed by atoms with E-state index in [1.807, 2.05) is 0 Å². The minimum atomic E-state index is -3.33. The molecule has 0 spiro atoms. The van der Waals surface area contributed by atoms with Crippen molar-refractivity contribution in [3.8, 4) is 0 Å². The summed E-state index contributed by atoms with van der Waals surface area (Å²) in [6.07, 6.45) is 4.20. The Morgan fingerprint density at radius 1 is 1.32 bits per heavy atom. The first kappa shape index (κ1) is 16.4. The molecule has 0 amide bonds. The van der Waals surface area contributed by atoms with Crippen molar-refractivity contribution in [1.82, 2.24) is 9.62 Å². The summed E-state index contributed by atoms with van der Waals surface area (Å²) in [5, 5.41) is 1.80. The van der Waals surface area contributed by atoms with Crippen molar-refractivity contribution in [2.45, 2.75) is 35.9 Å². The number of hydrogen-bond donors (Lipinski definition) is 1. The third-order valence-electron chi connectivity index (χ3n) is 4.44. The second-order valence-corrected chi connectivity index (χ2v) is 9.10. The van der Waals surface area contributed by atoms with Crippen LogP contribution in [0.15, 0.2) is 21.7 Å². The van der Waals surface area contributed by atoms with Gasteiger partial charge in [0.15, 0.2) is 0 Å². The van der Waals surface area contributed by atoms with E-state index in [1.54, 1.807) is 17.5 Å². The fourth-order valence-corrected chi connectivity index (χ4v) is 5.56. The molecule has 0 saturated carbocycles. The van der Waals surface area contributed by atoms with Crippen LogP contribution in [0.2, 0.25) is 0 Å². The number of sulfonamides is 1. The largest absolute Gasteiger partial charge is 0.381 e. The van der Waals surface area contributed by atoms with Crippen molar-refractivity contribution >= 4 is 21.4 Å². The first-order chi connectivity index (χ1) is 10.6. The van der Waals surface area contributed by atoms with Crippen LogP contribution in [0, 0.1) is 5.92 Å². The summed E-state index contributed by atoms with van der Waals surface area (Å²) in [5.74, 6) is 0.646. The Bertz CT molecular complexity index is 545. The molecule has 124 valence electrons. The SMILES string of the molecule is O=S(=O)(NC1CCN(C[C@@H]2CCCOC2)CC1)c1cccs1. The Labute approximate surface area is 136 Å². The van der Waals surface area contributed by atoms with Crippen LogP contribution in [0.5, 0.6) is 0 Å². The molecule has 5 nitrogen and oxygen atoms in total. The summed E-state index contributed by atoms with van der Waals surface area (Å²) in [6, 6.07) is 3.49. The number of nitrogens with zero attached hydrogens (tertiary/aromatic N) is 1. The Balaban J connectivity index is 1.45. The normalized spacial score (nSPS) is 25.4. The standard InChI is InChI=1S/C15H24N2O3S2/c18-22(19,15-4-2-10-21-15)16-14-5-7-17(8-6-14)11-13-3-1-9-20-12-13/h2,4,10,13-14,16H,1,3,5-9,11-12H2/t13-/m0/s1. The molecule has 1 atom stereocenters. The van der Waals surface area contributed by atoms with Gasteiger partial charge in [0.2, 0.25) is 10.0 Å². The highest BCUT2D eigenvalue weighted by Crippen LogP contribution is 2.21. The lowest BCUT2D eigenvalue weighted by molar-refractivity contribution is 0.0345. The number of hydrogen-bond acceptors (Lipinski definition) is 5. The maximum absolute atomic E-state index is 12.2. The van der Waals surface area contributed by atoms with Crippen molar-refractivity contribution in [2.75, 3.05) is 32.8 Å². The maximum Gasteiger partial charge on any atom is 0.250 e. The van der Waals surface area contributed by atoms with Gasteiger partial charge in [-0.2, -0.15) is 0 Å². The van der Waals surface area contributed by atoms with Gasteiger partial charge < -0.3 is 9.64 Å². The topological polar surface area (TPSA) is 58.6 Å². The molecule has 0 radical (unpaired) electrons. The number of nitrogens with one attached hydrogen (secondary N) is 1. The molecular weight excluding hydrogens is 320 g/mol. The zero-order valence-electron chi connectivity index (χ0n) is 12.7. The van der Waals surface area contributed by atoms with E-state index in [4.69, 9.17) is 4.74 Å². The smallest absolute Gasteiger partial charge is 0.250 e. The van der Waals surface area contributed by atoms with Gasteiger partial charge in [0.1, 0.15) is 4.21 Å². The molecule has 0 bridgehead atoms. The van der Waals surface area contributed by atoms with E-state index < -0.39 is 10.0 Å². The molecule has 3 rings (SSSR count). The second kappa shape index (κ2) is 7.40. The van der Waals surface area contributed by atoms with Crippen molar-refractivity contribution in [3.63, 3.8) is 0 Å². The van der Waals surface area contributed by atoms with Crippen molar-refractivity contribution in [3.05, 3.63) is 17.5 Å². The molecule has 7 heteroatoms. The highest BCUT2D eigenvalue weighted by molar-refractivity contribution is 7.91. The predicted octanol–water partition coefficient (Wildman–Crippen LogP) is 1.92. The summed E-state index contributed by atoms with van der Waals surface area (Å²) in [5.41, 5.74) is 0. The van der Waals surface area contributed by atoms with Crippen molar-refractivity contribution < 1.29 is 13.2 Å². The van der Waals surface area contributed by atoms with Crippen molar-refractivity contribution in [2.24, 2.45) is 5.92 Å². The molecule has 1 aromatic heterocycles. The van der Waals surface area contributed by atoms with E-state index in [1.165, 1.54) is 24.2 Å². The molecule has 22 heavy (non-hydrogen) atoms. The summed E-state index contributed by atoms with van der Waals surface area (Å²) in [6.45, 7) is 4.81. The maximum atomic E-state index is 12.2. The van der Waals surface area contributed by atoms with Crippen LogP contribution >= 0.6 is 11.3 Å². The van der Waals surface area contributed by atoms with E-state index in [0.717, 1.165) is 45.7 Å². The molecule has 3 heterocycles. The third-order valence-corrected chi connectivity index (χ3v) is 7.36. The fraction of sp³-hybridized carbons (Fsp3) is 0.733. The van der Waals surface area contributed by atoms with Gasteiger partial charge in [-0.25, -0.2) is 13.1 Å². The van der Waals surface area contributed by atoms with Gasteiger partial charge in [-0.05, 0) is 56.1 Å². The van der Waals surface area contributed by atoms with E-state index in [2.05, 4.69) is 9.62 Å². The van der Waals surface area contributed by atoms with Crippen LogP contribution in [0.25, 0.3) is 0 Å². The molecule has 2 saturated heterocycles. The van der Waals surface area contributed by atoms with Gasteiger partial charge in [-0.1, -0.05) is 6.07 Å². The highest BCUT2D eigenvalue weighted by Gasteiger charge is 2.26. The minimum absolute atomic E-state index is 0.0611. The van der Waals surface area contributed by atoms with Crippen LogP contribution in [-0.4, -0.2) is 52.2 Å². The number of thiophene rings is 1. The van der Waals surface area contributed by atoms with Gasteiger partial charge in [-0.3, -0.25) is 0 Å². The Morgan fingerprint density at radius 2 is 2.14 bits per heavy atom.